The van der Waals surface area contributed by atoms with E-state index in [0.29, 0.717) is 24.2 Å². The Morgan fingerprint density at radius 2 is 1.70 bits per heavy atom. The highest BCUT2D eigenvalue weighted by molar-refractivity contribution is 7.98. The maximum atomic E-state index is 6.12. The molecule has 4 N–H and O–H groups in total. The molecule has 5 rings (SSSR count). The van der Waals surface area contributed by atoms with Gasteiger partial charge in [-0.1, -0.05) is 12.8 Å². The molecule has 3 aliphatic rings. The fraction of sp³-hybridized carbons (Fsp3) is 0.792. The van der Waals surface area contributed by atoms with Gasteiger partial charge in [0.15, 0.2) is 17.0 Å². The Hall–Kier alpha value is -1.58. The van der Waals surface area contributed by atoms with Crippen molar-refractivity contribution in [1.82, 2.24) is 24.4 Å². The molecule has 3 fully saturated rings. The second kappa shape index (κ2) is 10.8. The molecule has 33 heavy (non-hydrogen) atoms. The second-order valence-corrected chi connectivity index (χ2v) is 11.2. The van der Waals surface area contributed by atoms with Crippen molar-refractivity contribution in [2.45, 2.75) is 88.4 Å². The maximum absolute atomic E-state index is 6.12. The molecule has 1 saturated heterocycles. The van der Waals surface area contributed by atoms with Crippen LogP contribution in [-0.2, 0) is 0 Å². The van der Waals surface area contributed by atoms with Crippen LogP contribution >= 0.6 is 11.8 Å². The van der Waals surface area contributed by atoms with Crippen LogP contribution in [-0.4, -0.2) is 74.2 Å². The van der Waals surface area contributed by atoms with Gasteiger partial charge in [0.25, 0.3) is 0 Å². The van der Waals surface area contributed by atoms with Crippen LogP contribution in [0.5, 0.6) is 0 Å². The lowest BCUT2D eigenvalue weighted by atomic mass is 9.92. The summed E-state index contributed by atoms with van der Waals surface area (Å²) in [6.45, 7) is 3.49. The van der Waals surface area contributed by atoms with E-state index in [-0.39, 0.29) is 0 Å². The number of likely N-dealkylation sites (tertiary alicyclic amines) is 1. The molecule has 0 atom stereocenters. The first-order valence-electron chi connectivity index (χ1n) is 12.9. The highest BCUT2D eigenvalue weighted by atomic mass is 32.2. The van der Waals surface area contributed by atoms with Gasteiger partial charge < -0.3 is 25.8 Å². The predicted octanol–water partition coefficient (Wildman–Crippen LogP) is 3.86. The van der Waals surface area contributed by atoms with E-state index in [0.717, 1.165) is 74.5 Å². The van der Waals surface area contributed by atoms with Crippen molar-refractivity contribution in [3.05, 3.63) is 6.33 Å². The van der Waals surface area contributed by atoms with Crippen molar-refractivity contribution in [2.24, 2.45) is 5.73 Å². The van der Waals surface area contributed by atoms with Crippen molar-refractivity contribution in [1.29, 1.82) is 0 Å². The first kappa shape index (κ1) is 23.2. The third-order valence-electron chi connectivity index (χ3n) is 7.78. The highest BCUT2D eigenvalue weighted by Gasteiger charge is 2.25. The number of hydrogen-bond donors (Lipinski definition) is 3. The molecule has 2 aromatic rings. The van der Waals surface area contributed by atoms with Crippen LogP contribution in [0.3, 0.4) is 0 Å². The van der Waals surface area contributed by atoms with Crippen LogP contribution in [0, 0.1) is 0 Å². The summed E-state index contributed by atoms with van der Waals surface area (Å²) in [7, 11) is 0. The van der Waals surface area contributed by atoms with Gasteiger partial charge in [-0.2, -0.15) is 21.7 Å². The van der Waals surface area contributed by atoms with Gasteiger partial charge in [0.2, 0.25) is 5.95 Å². The van der Waals surface area contributed by atoms with Gasteiger partial charge in [-0.05, 0) is 57.6 Å². The molecule has 2 saturated carbocycles. The zero-order valence-corrected chi connectivity index (χ0v) is 20.8. The number of thioether (sulfide) groups is 1. The third-order valence-corrected chi connectivity index (χ3v) is 8.38. The van der Waals surface area contributed by atoms with Gasteiger partial charge in [-0.15, -0.1) is 0 Å². The lowest BCUT2D eigenvalue weighted by Crippen LogP contribution is -2.40. The van der Waals surface area contributed by atoms with E-state index in [1.807, 2.05) is 18.1 Å². The largest absolute Gasteiger partial charge is 0.365 e. The summed E-state index contributed by atoms with van der Waals surface area (Å²) in [6.07, 6.45) is 15.8. The number of hydrogen-bond acceptors (Lipinski definition) is 8. The Kier molecular flexibility index (Phi) is 7.57. The Balaban J connectivity index is 1.35. The fourth-order valence-corrected chi connectivity index (χ4v) is 6.13. The van der Waals surface area contributed by atoms with Crippen molar-refractivity contribution in [3.63, 3.8) is 0 Å². The minimum absolute atomic E-state index is 0.342. The van der Waals surface area contributed by atoms with Gasteiger partial charge in [-0.25, -0.2) is 4.98 Å². The van der Waals surface area contributed by atoms with Crippen LogP contribution in [0.25, 0.3) is 11.2 Å². The van der Waals surface area contributed by atoms with E-state index in [1.54, 1.807) is 0 Å². The zero-order valence-electron chi connectivity index (χ0n) is 20.0. The number of nitrogens with two attached hydrogens (primary N) is 1. The summed E-state index contributed by atoms with van der Waals surface area (Å²) >= 11 is 1.93. The van der Waals surface area contributed by atoms with Crippen LogP contribution < -0.4 is 16.4 Å². The van der Waals surface area contributed by atoms with Crippen molar-refractivity contribution in [3.8, 4) is 0 Å². The molecule has 0 unspecified atom stereocenters. The number of nitrogens with zero attached hydrogens (tertiary/aromatic N) is 5. The van der Waals surface area contributed by atoms with Gasteiger partial charge in [0.05, 0.1) is 6.33 Å². The molecular weight excluding hydrogens is 432 g/mol. The predicted molar refractivity (Wildman–Crippen MR) is 138 cm³/mol. The van der Waals surface area contributed by atoms with Crippen LogP contribution in [0.4, 0.5) is 11.8 Å². The van der Waals surface area contributed by atoms with E-state index in [2.05, 4.69) is 26.4 Å². The summed E-state index contributed by atoms with van der Waals surface area (Å²) in [6, 6.07) is 1.69. The van der Waals surface area contributed by atoms with Crippen LogP contribution in [0.2, 0.25) is 0 Å². The Bertz CT molecular complexity index is 895. The molecule has 2 aromatic heterocycles. The topological polar surface area (TPSA) is 96.9 Å². The Morgan fingerprint density at radius 3 is 2.42 bits per heavy atom. The van der Waals surface area contributed by atoms with Crippen molar-refractivity contribution < 1.29 is 0 Å². The summed E-state index contributed by atoms with van der Waals surface area (Å²) in [5.41, 5.74) is 8.02. The molecule has 0 bridgehead atoms. The standard InChI is InChI=1S/C24H40N8S/c1-33-15-14-31-12-10-19(11-13-31)27-22-21-23(32(16-26-21)20-4-2-3-5-20)30-24(29-22)28-18-8-6-17(25)7-9-18/h16-20H,2-15,25H2,1H3,(H2,27,28,29,30). The molecule has 182 valence electrons. The SMILES string of the molecule is CSCCN1CCC(Nc2nc(NC3CCC(N)CC3)nc3c2ncn3C2CCCC2)CC1. The summed E-state index contributed by atoms with van der Waals surface area (Å²) in [5, 5.41) is 7.41. The van der Waals surface area contributed by atoms with Gasteiger partial charge in [-0.3, -0.25) is 0 Å². The summed E-state index contributed by atoms with van der Waals surface area (Å²) in [5.74, 6) is 2.85. The molecule has 1 aliphatic heterocycles. The average Bonchev–Trinajstić information content (AvgIpc) is 3.50. The van der Waals surface area contributed by atoms with E-state index in [9.17, 15) is 0 Å². The Labute approximate surface area is 201 Å². The zero-order chi connectivity index (χ0) is 22.6. The van der Waals surface area contributed by atoms with Crippen LogP contribution in [0.1, 0.15) is 70.3 Å². The molecule has 9 heteroatoms. The van der Waals surface area contributed by atoms with Crippen molar-refractivity contribution in [2.75, 3.05) is 42.3 Å². The van der Waals surface area contributed by atoms with Gasteiger partial charge in [0, 0.05) is 49.6 Å². The smallest absolute Gasteiger partial charge is 0.227 e. The Morgan fingerprint density at radius 1 is 0.970 bits per heavy atom. The molecule has 8 nitrogen and oxygen atoms in total. The molecule has 3 heterocycles. The number of fused-ring (bicyclic) bond motifs is 1. The first-order valence-corrected chi connectivity index (χ1v) is 14.3. The van der Waals surface area contributed by atoms with E-state index < -0.39 is 0 Å². The molecule has 2 aliphatic carbocycles. The molecule has 0 radical (unpaired) electrons. The summed E-state index contributed by atoms with van der Waals surface area (Å²) < 4.78 is 2.31. The average molecular weight is 473 g/mol. The minimum Gasteiger partial charge on any atom is -0.365 e. The van der Waals surface area contributed by atoms with Crippen LogP contribution in [0.15, 0.2) is 6.33 Å². The third kappa shape index (κ3) is 5.57. The number of piperidine rings is 1. The summed E-state index contributed by atoms with van der Waals surface area (Å²) in [4.78, 5) is 17.3. The number of rotatable bonds is 8. The lowest BCUT2D eigenvalue weighted by Gasteiger charge is -2.32. The quantitative estimate of drug-likeness (QED) is 0.533. The number of anilines is 2. The first-order chi connectivity index (χ1) is 16.2. The van der Waals surface area contributed by atoms with Crippen molar-refractivity contribution >= 4 is 34.7 Å². The second-order valence-electron chi connectivity index (χ2n) is 10.2. The van der Waals surface area contributed by atoms with Gasteiger partial charge in [0.1, 0.15) is 0 Å². The highest BCUT2D eigenvalue weighted by Crippen LogP contribution is 2.33. The number of aromatic nitrogens is 4. The molecular formula is C24H40N8S. The van der Waals surface area contributed by atoms with Gasteiger partial charge >= 0.3 is 0 Å². The normalized spacial score (nSPS) is 25.6. The monoisotopic (exact) mass is 472 g/mol. The molecule has 0 amide bonds. The maximum Gasteiger partial charge on any atom is 0.227 e. The molecule has 0 spiro atoms. The number of imidazole rings is 1. The molecule has 0 aromatic carbocycles. The lowest BCUT2D eigenvalue weighted by molar-refractivity contribution is 0.231. The fourth-order valence-electron chi connectivity index (χ4n) is 5.69. The van der Waals surface area contributed by atoms with E-state index in [4.69, 9.17) is 20.7 Å². The number of nitrogens with one attached hydrogen (secondary N) is 2. The van der Waals surface area contributed by atoms with E-state index in [1.165, 1.54) is 38.0 Å². The van der Waals surface area contributed by atoms with E-state index >= 15 is 0 Å². The minimum atomic E-state index is 0.342.